The van der Waals surface area contributed by atoms with Crippen LogP contribution < -0.4 is 20.1 Å². The van der Waals surface area contributed by atoms with Crippen molar-refractivity contribution in [2.24, 2.45) is 0 Å². The van der Waals surface area contributed by atoms with E-state index in [0.717, 1.165) is 60.3 Å². The average Bonchev–Trinajstić information content (AvgIpc) is 3.26. The Kier molecular flexibility index (Phi) is 6.96. The highest BCUT2D eigenvalue weighted by Gasteiger charge is 2.21. The van der Waals surface area contributed by atoms with Crippen LogP contribution >= 0.6 is 12.4 Å². The molecule has 0 radical (unpaired) electrons. The van der Waals surface area contributed by atoms with Crippen LogP contribution in [0.2, 0.25) is 0 Å². The zero-order valence-electron chi connectivity index (χ0n) is 14.7. The van der Waals surface area contributed by atoms with Crippen molar-refractivity contribution in [3.63, 3.8) is 0 Å². The fourth-order valence-corrected chi connectivity index (χ4v) is 3.18. The van der Waals surface area contributed by atoms with Crippen LogP contribution in [-0.2, 0) is 11.2 Å². The second-order valence-corrected chi connectivity index (χ2v) is 6.13. The Labute approximate surface area is 154 Å². The summed E-state index contributed by atoms with van der Waals surface area (Å²) in [5.41, 5.74) is 2.13. The summed E-state index contributed by atoms with van der Waals surface area (Å²) in [5.74, 6) is 1.69. The molecule has 25 heavy (non-hydrogen) atoms. The first-order chi connectivity index (χ1) is 11.7. The Bertz CT molecular complexity index is 711. The molecule has 1 atom stereocenters. The molecule has 1 aromatic carbocycles. The first-order valence-corrected chi connectivity index (χ1v) is 8.46. The lowest BCUT2D eigenvalue weighted by atomic mass is 10.2. The Hall–Kier alpha value is -1.92. The van der Waals surface area contributed by atoms with Crippen molar-refractivity contribution in [3.05, 3.63) is 23.9 Å². The van der Waals surface area contributed by atoms with Crippen LogP contribution in [0.15, 0.2) is 18.2 Å². The van der Waals surface area contributed by atoms with Crippen LogP contribution in [0.5, 0.6) is 11.5 Å². The lowest BCUT2D eigenvalue weighted by Crippen LogP contribution is -2.40. The summed E-state index contributed by atoms with van der Waals surface area (Å²) in [6.07, 6.45) is 3.79. The largest absolute Gasteiger partial charge is 0.497 e. The van der Waals surface area contributed by atoms with Gasteiger partial charge in [0.2, 0.25) is 5.91 Å². The van der Waals surface area contributed by atoms with Crippen LogP contribution in [-0.4, -0.2) is 44.2 Å². The topological polar surface area (TPSA) is 75.4 Å². The second-order valence-electron chi connectivity index (χ2n) is 6.13. The zero-order valence-corrected chi connectivity index (χ0v) is 15.5. The Morgan fingerprint density at radius 3 is 2.80 bits per heavy atom. The number of nitrogens with one attached hydrogen (secondary N) is 3. The molecule has 6 nitrogen and oxygen atoms in total. The van der Waals surface area contributed by atoms with Gasteiger partial charge in [-0.15, -0.1) is 12.4 Å². The third-order valence-corrected chi connectivity index (χ3v) is 4.48. The minimum Gasteiger partial charge on any atom is -0.497 e. The summed E-state index contributed by atoms with van der Waals surface area (Å²) >= 11 is 0. The van der Waals surface area contributed by atoms with E-state index in [2.05, 4.69) is 21.7 Å². The number of aryl methyl sites for hydroxylation is 1. The number of aromatic nitrogens is 1. The molecule has 3 N–H and O–H groups in total. The normalized spacial score (nSPS) is 16.5. The second kappa shape index (κ2) is 8.97. The molecule has 0 spiro atoms. The third kappa shape index (κ3) is 4.58. The number of amides is 1. The number of halogens is 1. The molecule has 1 aliphatic heterocycles. The smallest absolute Gasteiger partial charge is 0.237 e. The maximum atomic E-state index is 11.9. The molecule has 1 saturated heterocycles. The van der Waals surface area contributed by atoms with E-state index in [-0.39, 0.29) is 24.4 Å². The molecule has 0 aliphatic carbocycles. The van der Waals surface area contributed by atoms with Gasteiger partial charge in [-0.25, -0.2) is 0 Å². The van der Waals surface area contributed by atoms with Crippen LogP contribution in [0, 0.1) is 0 Å². The minimum atomic E-state index is -0.00481. The Morgan fingerprint density at radius 2 is 2.12 bits per heavy atom. The summed E-state index contributed by atoms with van der Waals surface area (Å²) < 4.78 is 10.7. The van der Waals surface area contributed by atoms with E-state index in [0.29, 0.717) is 6.54 Å². The molecular formula is C18H26ClN3O3. The van der Waals surface area contributed by atoms with E-state index < -0.39 is 0 Å². The molecule has 7 heteroatoms. The first kappa shape index (κ1) is 19.4. The fourth-order valence-electron chi connectivity index (χ4n) is 3.18. The van der Waals surface area contributed by atoms with Crippen molar-refractivity contribution in [3.8, 4) is 11.5 Å². The molecular weight excluding hydrogens is 342 g/mol. The predicted octanol–water partition coefficient (Wildman–Crippen LogP) is 2.41. The highest BCUT2D eigenvalue weighted by atomic mass is 35.5. The van der Waals surface area contributed by atoms with Crippen molar-refractivity contribution in [2.45, 2.75) is 31.7 Å². The molecule has 2 aromatic rings. The summed E-state index contributed by atoms with van der Waals surface area (Å²) in [6, 6.07) is 5.95. The number of ether oxygens (including phenoxy) is 2. The SMILES string of the molecule is COc1cc(OC)c2cc(CCCNC(=O)C3CCCN3)[nH]c2c1.Cl. The van der Waals surface area contributed by atoms with Gasteiger partial charge < -0.3 is 25.1 Å². The molecule has 1 aliphatic rings. The van der Waals surface area contributed by atoms with Gasteiger partial charge in [-0.3, -0.25) is 4.79 Å². The lowest BCUT2D eigenvalue weighted by molar-refractivity contribution is -0.122. The number of fused-ring (bicyclic) bond motifs is 1. The number of hydrogen-bond donors (Lipinski definition) is 3. The summed E-state index contributed by atoms with van der Waals surface area (Å²) in [6.45, 7) is 1.63. The molecule has 1 unspecified atom stereocenters. The number of methoxy groups -OCH3 is 2. The molecule has 2 heterocycles. The van der Waals surface area contributed by atoms with E-state index in [9.17, 15) is 4.79 Å². The fraction of sp³-hybridized carbons (Fsp3) is 0.500. The standard InChI is InChI=1S/C18H25N3O3.ClH/c1-23-13-10-16-14(17(11-13)24-2)9-12(21-16)5-3-8-20-18(22)15-6-4-7-19-15;/h9-11,15,19,21H,3-8H2,1-2H3,(H,20,22);1H. The van der Waals surface area contributed by atoms with Gasteiger partial charge in [0.05, 0.1) is 25.8 Å². The van der Waals surface area contributed by atoms with Crippen molar-refractivity contribution >= 4 is 29.2 Å². The van der Waals surface area contributed by atoms with Crippen molar-refractivity contribution in [1.29, 1.82) is 0 Å². The van der Waals surface area contributed by atoms with Gasteiger partial charge in [0, 0.05) is 29.8 Å². The highest BCUT2D eigenvalue weighted by Crippen LogP contribution is 2.31. The number of H-pyrrole nitrogens is 1. The minimum absolute atomic E-state index is 0. The number of carbonyl (C=O) groups excluding carboxylic acids is 1. The molecule has 1 aromatic heterocycles. The lowest BCUT2D eigenvalue weighted by Gasteiger charge is -2.10. The number of carbonyl (C=O) groups is 1. The van der Waals surface area contributed by atoms with Gasteiger partial charge in [0.1, 0.15) is 11.5 Å². The van der Waals surface area contributed by atoms with Gasteiger partial charge in [0.25, 0.3) is 0 Å². The van der Waals surface area contributed by atoms with Crippen molar-refractivity contribution in [1.82, 2.24) is 15.6 Å². The van der Waals surface area contributed by atoms with Gasteiger partial charge in [-0.05, 0) is 38.3 Å². The van der Waals surface area contributed by atoms with Crippen molar-refractivity contribution < 1.29 is 14.3 Å². The maximum absolute atomic E-state index is 11.9. The number of hydrogen-bond acceptors (Lipinski definition) is 4. The maximum Gasteiger partial charge on any atom is 0.237 e. The summed E-state index contributed by atoms with van der Waals surface area (Å²) in [4.78, 5) is 15.3. The first-order valence-electron chi connectivity index (χ1n) is 8.46. The quantitative estimate of drug-likeness (QED) is 0.657. The van der Waals surface area contributed by atoms with E-state index in [1.54, 1.807) is 14.2 Å². The molecule has 1 amide bonds. The van der Waals surface area contributed by atoms with E-state index in [4.69, 9.17) is 9.47 Å². The van der Waals surface area contributed by atoms with Gasteiger partial charge >= 0.3 is 0 Å². The zero-order chi connectivity index (χ0) is 16.9. The van der Waals surface area contributed by atoms with E-state index >= 15 is 0 Å². The van der Waals surface area contributed by atoms with Gasteiger partial charge in [-0.2, -0.15) is 0 Å². The molecule has 0 bridgehead atoms. The number of rotatable bonds is 7. The summed E-state index contributed by atoms with van der Waals surface area (Å²) in [5, 5.41) is 7.27. The Balaban J connectivity index is 0.00000225. The van der Waals surface area contributed by atoms with Crippen molar-refractivity contribution in [2.75, 3.05) is 27.3 Å². The molecule has 138 valence electrons. The van der Waals surface area contributed by atoms with Crippen LogP contribution in [0.25, 0.3) is 10.9 Å². The molecule has 1 fully saturated rings. The summed E-state index contributed by atoms with van der Waals surface area (Å²) in [7, 11) is 3.31. The third-order valence-electron chi connectivity index (χ3n) is 4.48. The average molecular weight is 368 g/mol. The molecule has 3 rings (SSSR count). The van der Waals surface area contributed by atoms with Crippen LogP contribution in [0.4, 0.5) is 0 Å². The van der Waals surface area contributed by atoms with Gasteiger partial charge in [0.15, 0.2) is 0 Å². The van der Waals surface area contributed by atoms with E-state index in [1.165, 1.54) is 0 Å². The van der Waals surface area contributed by atoms with Crippen LogP contribution in [0.3, 0.4) is 0 Å². The number of aromatic amines is 1. The van der Waals surface area contributed by atoms with Gasteiger partial charge in [-0.1, -0.05) is 0 Å². The van der Waals surface area contributed by atoms with Crippen LogP contribution in [0.1, 0.15) is 25.0 Å². The highest BCUT2D eigenvalue weighted by molar-refractivity contribution is 5.88. The van der Waals surface area contributed by atoms with E-state index in [1.807, 2.05) is 12.1 Å². The Morgan fingerprint density at radius 1 is 1.28 bits per heavy atom. The predicted molar refractivity (Wildman–Crippen MR) is 101 cm³/mol. The number of benzene rings is 1. The monoisotopic (exact) mass is 367 g/mol. The molecule has 0 saturated carbocycles.